The van der Waals surface area contributed by atoms with Crippen LogP contribution in [0.1, 0.15) is 39.5 Å². The Morgan fingerprint density at radius 1 is 1.29 bits per heavy atom. The van der Waals surface area contributed by atoms with Crippen LogP contribution in [0, 0.1) is 0 Å². The van der Waals surface area contributed by atoms with Gasteiger partial charge < -0.3 is 10.6 Å². The minimum Gasteiger partial charge on any atom is -0.340 e. The molecule has 98 valence electrons. The van der Waals surface area contributed by atoms with E-state index in [1.807, 2.05) is 4.90 Å². The number of rotatable bonds is 2. The summed E-state index contributed by atoms with van der Waals surface area (Å²) in [6, 6.07) is 0.885. The molecule has 2 N–H and O–H groups in total. The number of nitrogens with two attached hydrogens (primary N) is 1. The van der Waals surface area contributed by atoms with E-state index >= 15 is 0 Å². The minimum atomic E-state index is -0.188. The molecule has 0 aromatic rings. The SMILES string of the molecule is CC1CN(C(=O)CC2(N)CCC2)CC(C)N1C. The molecule has 0 radical (unpaired) electrons. The molecule has 2 atom stereocenters. The van der Waals surface area contributed by atoms with Gasteiger partial charge in [-0.2, -0.15) is 0 Å². The summed E-state index contributed by atoms with van der Waals surface area (Å²) < 4.78 is 0. The second kappa shape index (κ2) is 4.58. The minimum absolute atomic E-state index is 0.188. The Morgan fingerprint density at radius 3 is 2.24 bits per heavy atom. The van der Waals surface area contributed by atoms with Crippen molar-refractivity contribution in [1.29, 1.82) is 0 Å². The molecule has 2 rings (SSSR count). The van der Waals surface area contributed by atoms with Crippen molar-refractivity contribution in [3.05, 3.63) is 0 Å². The van der Waals surface area contributed by atoms with Crippen molar-refractivity contribution in [3.8, 4) is 0 Å². The van der Waals surface area contributed by atoms with Crippen LogP contribution in [0.3, 0.4) is 0 Å². The Balaban J connectivity index is 1.91. The van der Waals surface area contributed by atoms with Gasteiger partial charge in [0, 0.05) is 37.1 Å². The fourth-order valence-electron chi connectivity index (χ4n) is 2.83. The van der Waals surface area contributed by atoms with Crippen LogP contribution in [0.15, 0.2) is 0 Å². The zero-order valence-corrected chi connectivity index (χ0v) is 11.3. The first-order valence-electron chi connectivity index (χ1n) is 6.70. The third kappa shape index (κ3) is 2.63. The van der Waals surface area contributed by atoms with Gasteiger partial charge >= 0.3 is 0 Å². The molecule has 1 heterocycles. The summed E-state index contributed by atoms with van der Waals surface area (Å²) in [5.74, 6) is 0.249. The molecule has 17 heavy (non-hydrogen) atoms. The Morgan fingerprint density at radius 2 is 1.82 bits per heavy atom. The first kappa shape index (κ1) is 12.8. The van der Waals surface area contributed by atoms with Crippen LogP contribution in [0.4, 0.5) is 0 Å². The lowest BCUT2D eigenvalue weighted by Gasteiger charge is -2.44. The second-order valence-corrected chi connectivity index (χ2v) is 6.05. The molecule has 0 bridgehead atoms. The molecular formula is C13H25N3O. The molecule has 1 saturated carbocycles. The van der Waals surface area contributed by atoms with E-state index in [1.165, 1.54) is 6.42 Å². The van der Waals surface area contributed by atoms with Crippen molar-refractivity contribution in [2.45, 2.75) is 57.2 Å². The number of amides is 1. The highest BCUT2D eigenvalue weighted by atomic mass is 16.2. The predicted molar refractivity (Wildman–Crippen MR) is 68.7 cm³/mol. The molecule has 2 aliphatic rings. The number of hydrogen-bond donors (Lipinski definition) is 1. The highest BCUT2D eigenvalue weighted by molar-refractivity contribution is 5.77. The van der Waals surface area contributed by atoms with Gasteiger partial charge in [-0.05, 0) is 40.2 Å². The molecule has 4 heteroatoms. The van der Waals surface area contributed by atoms with Crippen molar-refractivity contribution in [3.63, 3.8) is 0 Å². The molecule has 0 spiro atoms. The van der Waals surface area contributed by atoms with Crippen LogP contribution in [0.2, 0.25) is 0 Å². The monoisotopic (exact) mass is 239 g/mol. The molecule has 1 aliphatic heterocycles. The van der Waals surface area contributed by atoms with Gasteiger partial charge in [-0.1, -0.05) is 0 Å². The summed E-state index contributed by atoms with van der Waals surface area (Å²) in [7, 11) is 2.13. The number of likely N-dealkylation sites (N-methyl/N-ethyl adjacent to an activating group) is 1. The normalized spacial score (nSPS) is 33.3. The number of carbonyl (C=O) groups is 1. The van der Waals surface area contributed by atoms with E-state index in [-0.39, 0.29) is 11.4 Å². The number of hydrogen-bond acceptors (Lipinski definition) is 3. The van der Waals surface area contributed by atoms with Gasteiger partial charge in [-0.3, -0.25) is 9.69 Å². The van der Waals surface area contributed by atoms with E-state index in [0.29, 0.717) is 18.5 Å². The zero-order valence-electron chi connectivity index (χ0n) is 11.3. The van der Waals surface area contributed by atoms with Gasteiger partial charge in [0.05, 0.1) is 0 Å². The first-order valence-corrected chi connectivity index (χ1v) is 6.70. The van der Waals surface area contributed by atoms with E-state index < -0.39 is 0 Å². The van der Waals surface area contributed by atoms with Gasteiger partial charge in [0.25, 0.3) is 0 Å². The average Bonchev–Trinajstić information content (AvgIpc) is 2.22. The Hall–Kier alpha value is -0.610. The molecule has 2 fully saturated rings. The summed E-state index contributed by atoms with van der Waals surface area (Å²) in [6.07, 6.45) is 3.74. The van der Waals surface area contributed by atoms with Gasteiger partial charge in [-0.15, -0.1) is 0 Å². The molecule has 0 aromatic heterocycles. The molecule has 1 amide bonds. The highest BCUT2D eigenvalue weighted by Gasteiger charge is 2.37. The summed E-state index contributed by atoms with van der Waals surface area (Å²) >= 11 is 0. The lowest BCUT2D eigenvalue weighted by atomic mass is 9.75. The van der Waals surface area contributed by atoms with Gasteiger partial charge in [-0.25, -0.2) is 0 Å². The Bertz CT molecular complexity index is 289. The molecule has 2 unspecified atom stereocenters. The largest absolute Gasteiger partial charge is 0.340 e. The lowest BCUT2D eigenvalue weighted by Crippen LogP contribution is -2.58. The topological polar surface area (TPSA) is 49.6 Å². The molecule has 1 aliphatic carbocycles. The first-order chi connectivity index (χ1) is 7.91. The quantitative estimate of drug-likeness (QED) is 0.776. The van der Waals surface area contributed by atoms with Crippen molar-refractivity contribution in [2.75, 3.05) is 20.1 Å². The van der Waals surface area contributed by atoms with Crippen LogP contribution < -0.4 is 5.73 Å². The third-order valence-electron chi connectivity index (χ3n) is 4.57. The Kier molecular flexibility index (Phi) is 3.46. The Labute approximate surface area is 104 Å². The van der Waals surface area contributed by atoms with E-state index in [2.05, 4.69) is 25.8 Å². The number of nitrogens with zero attached hydrogens (tertiary/aromatic N) is 2. The summed E-state index contributed by atoms with van der Waals surface area (Å²) in [5.41, 5.74) is 5.96. The smallest absolute Gasteiger partial charge is 0.224 e. The third-order valence-corrected chi connectivity index (χ3v) is 4.57. The van der Waals surface area contributed by atoms with Gasteiger partial charge in [0.15, 0.2) is 0 Å². The number of piperazine rings is 1. The molecule has 4 nitrogen and oxygen atoms in total. The van der Waals surface area contributed by atoms with Crippen LogP contribution in [0.5, 0.6) is 0 Å². The predicted octanol–water partition coefficient (Wildman–Crippen LogP) is 0.809. The summed E-state index contributed by atoms with van der Waals surface area (Å²) in [6.45, 7) is 6.04. The van der Waals surface area contributed by atoms with E-state index in [9.17, 15) is 4.79 Å². The van der Waals surface area contributed by atoms with Crippen molar-refractivity contribution >= 4 is 5.91 Å². The van der Waals surface area contributed by atoms with E-state index in [0.717, 1.165) is 25.9 Å². The van der Waals surface area contributed by atoms with Gasteiger partial charge in [0.1, 0.15) is 0 Å². The number of carbonyl (C=O) groups excluding carboxylic acids is 1. The maximum absolute atomic E-state index is 12.2. The fourth-order valence-corrected chi connectivity index (χ4v) is 2.83. The fraction of sp³-hybridized carbons (Fsp3) is 0.923. The van der Waals surface area contributed by atoms with E-state index in [4.69, 9.17) is 5.73 Å². The van der Waals surface area contributed by atoms with Gasteiger partial charge in [0.2, 0.25) is 5.91 Å². The lowest BCUT2D eigenvalue weighted by molar-refractivity contribution is -0.137. The van der Waals surface area contributed by atoms with Crippen LogP contribution in [0.25, 0.3) is 0 Å². The van der Waals surface area contributed by atoms with E-state index in [1.54, 1.807) is 0 Å². The zero-order chi connectivity index (χ0) is 12.6. The van der Waals surface area contributed by atoms with Crippen LogP contribution in [-0.4, -0.2) is 53.5 Å². The second-order valence-electron chi connectivity index (χ2n) is 6.05. The molecule has 0 aromatic carbocycles. The van der Waals surface area contributed by atoms with Crippen molar-refractivity contribution in [2.24, 2.45) is 5.73 Å². The maximum Gasteiger partial charge on any atom is 0.224 e. The average molecular weight is 239 g/mol. The van der Waals surface area contributed by atoms with Crippen molar-refractivity contribution < 1.29 is 4.79 Å². The highest BCUT2D eigenvalue weighted by Crippen LogP contribution is 2.33. The summed E-state index contributed by atoms with van der Waals surface area (Å²) in [5, 5.41) is 0. The molecular weight excluding hydrogens is 214 g/mol. The standard InChI is InChI=1S/C13H25N3O/c1-10-8-16(9-11(2)15(10)3)12(17)7-13(14)5-4-6-13/h10-11H,4-9,14H2,1-3H3. The molecule has 1 saturated heterocycles. The van der Waals surface area contributed by atoms with Crippen LogP contribution >= 0.6 is 0 Å². The van der Waals surface area contributed by atoms with Crippen molar-refractivity contribution in [1.82, 2.24) is 9.80 Å². The summed E-state index contributed by atoms with van der Waals surface area (Å²) in [4.78, 5) is 16.6. The van der Waals surface area contributed by atoms with Crippen LogP contribution in [-0.2, 0) is 4.79 Å². The maximum atomic E-state index is 12.2.